The minimum atomic E-state index is -0.639. The summed E-state index contributed by atoms with van der Waals surface area (Å²) in [6.45, 7) is 6.31. The molecule has 2 N–H and O–H groups in total. The van der Waals surface area contributed by atoms with Crippen molar-refractivity contribution in [2.24, 2.45) is 0 Å². The molecular formula is C11H23N3O2. The van der Waals surface area contributed by atoms with Gasteiger partial charge in [0.1, 0.15) is 0 Å². The predicted octanol–water partition coefficient (Wildman–Crippen LogP) is -0.0310. The summed E-state index contributed by atoms with van der Waals surface area (Å²) in [6, 6.07) is 0. The van der Waals surface area contributed by atoms with Crippen LogP contribution < -0.4 is 10.6 Å². The van der Waals surface area contributed by atoms with Gasteiger partial charge in [0.2, 0.25) is 11.8 Å². The Morgan fingerprint density at radius 1 is 1.31 bits per heavy atom. The fourth-order valence-electron chi connectivity index (χ4n) is 1.19. The Morgan fingerprint density at radius 2 is 1.88 bits per heavy atom. The molecule has 5 heteroatoms. The molecule has 0 aliphatic carbocycles. The fourth-order valence-corrected chi connectivity index (χ4v) is 1.19. The summed E-state index contributed by atoms with van der Waals surface area (Å²) < 4.78 is 0. The molecule has 0 saturated heterocycles. The first-order valence-corrected chi connectivity index (χ1v) is 5.56. The van der Waals surface area contributed by atoms with Crippen molar-refractivity contribution in [3.8, 4) is 0 Å². The van der Waals surface area contributed by atoms with Gasteiger partial charge in [0.25, 0.3) is 0 Å². The lowest BCUT2D eigenvalue weighted by Gasteiger charge is -2.28. The maximum absolute atomic E-state index is 11.9. The molecule has 0 bridgehead atoms. The smallest absolute Gasteiger partial charge is 0.242 e. The third-order valence-electron chi connectivity index (χ3n) is 2.46. The van der Waals surface area contributed by atoms with Crippen LogP contribution in [0.3, 0.4) is 0 Å². The molecule has 0 saturated carbocycles. The van der Waals surface area contributed by atoms with Gasteiger partial charge in [-0.15, -0.1) is 0 Å². The van der Waals surface area contributed by atoms with Crippen molar-refractivity contribution in [3.63, 3.8) is 0 Å². The van der Waals surface area contributed by atoms with Gasteiger partial charge in [-0.25, -0.2) is 0 Å². The second-order valence-electron chi connectivity index (χ2n) is 4.39. The average Bonchev–Trinajstić information content (AvgIpc) is 2.25. The topological polar surface area (TPSA) is 61.4 Å². The lowest BCUT2D eigenvalue weighted by atomic mass is 10.0. The van der Waals surface area contributed by atoms with E-state index in [0.717, 1.165) is 6.42 Å². The van der Waals surface area contributed by atoms with E-state index in [2.05, 4.69) is 10.6 Å². The third-order valence-corrected chi connectivity index (χ3v) is 2.46. The maximum atomic E-state index is 11.9. The normalized spacial score (nSPS) is 11.1. The molecule has 0 heterocycles. The number of likely N-dealkylation sites (N-methyl/N-ethyl adjacent to an activating group) is 2. The number of nitrogens with zero attached hydrogens (tertiary/aromatic N) is 1. The second-order valence-corrected chi connectivity index (χ2v) is 4.39. The number of carbonyl (C=O) groups excluding carboxylic acids is 2. The summed E-state index contributed by atoms with van der Waals surface area (Å²) >= 11 is 0. The average molecular weight is 229 g/mol. The highest BCUT2D eigenvalue weighted by atomic mass is 16.2. The first-order chi connectivity index (χ1) is 7.35. The summed E-state index contributed by atoms with van der Waals surface area (Å²) in [5, 5.41) is 5.65. The second kappa shape index (κ2) is 6.48. The zero-order valence-electron chi connectivity index (χ0n) is 10.9. The van der Waals surface area contributed by atoms with Crippen molar-refractivity contribution < 1.29 is 9.59 Å². The van der Waals surface area contributed by atoms with Crippen LogP contribution in [0.25, 0.3) is 0 Å². The van der Waals surface area contributed by atoms with Crippen LogP contribution in [0, 0.1) is 0 Å². The molecule has 0 fully saturated rings. The molecule has 0 aliphatic rings. The summed E-state index contributed by atoms with van der Waals surface area (Å²) in [5.74, 6) is -0.216. The van der Waals surface area contributed by atoms with Crippen LogP contribution >= 0.6 is 0 Å². The number of carbonyl (C=O) groups is 2. The molecule has 0 aliphatic heterocycles. The van der Waals surface area contributed by atoms with Crippen LogP contribution in [0.2, 0.25) is 0 Å². The fraction of sp³-hybridized carbons (Fsp3) is 0.818. The van der Waals surface area contributed by atoms with Gasteiger partial charge in [0, 0.05) is 13.6 Å². The molecule has 0 aromatic rings. The molecular weight excluding hydrogens is 206 g/mol. The Morgan fingerprint density at radius 3 is 2.31 bits per heavy atom. The Balaban J connectivity index is 4.20. The van der Waals surface area contributed by atoms with E-state index in [9.17, 15) is 9.59 Å². The largest absolute Gasteiger partial charge is 0.355 e. The van der Waals surface area contributed by atoms with E-state index >= 15 is 0 Å². The lowest BCUT2D eigenvalue weighted by molar-refractivity contribution is -0.139. The van der Waals surface area contributed by atoms with E-state index in [1.54, 1.807) is 27.9 Å². The van der Waals surface area contributed by atoms with Crippen LogP contribution in [0.4, 0.5) is 0 Å². The summed E-state index contributed by atoms with van der Waals surface area (Å²) in [7, 11) is 3.36. The number of amides is 2. The SMILES string of the molecule is CCCNC(=O)CN(C)C(=O)C(C)(C)NC. The molecule has 0 radical (unpaired) electrons. The molecule has 16 heavy (non-hydrogen) atoms. The van der Waals surface area contributed by atoms with Crippen LogP contribution in [0.15, 0.2) is 0 Å². The quantitative estimate of drug-likeness (QED) is 0.672. The van der Waals surface area contributed by atoms with E-state index in [4.69, 9.17) is 0 Å². The third kappa shape index (κ3) is 4.61. The highest BCUT2D eigenvalue weighted by molar-refractivity contribution is 5.89. The molecule has 0 atom stereocenters. The van der Waals surface area contributed by atoms with Crippen molar-refractivity contribution in [2.45, 2.75) is 32.7 Å². The summed E-state index contributed by atoms with van der Waals surface area (Å²) in [4.78, 5) is 24.7. The van der Waals surface area contributed by atoms with Crippen LogP contribution in [0.5, 0.6) is 0 Å². The van der Waals surface area contributed by atoms with E-state index < -0.39 is 5.54 Å². The monoisotopic (exact) mass is 229 g/mol. The summed E-state index contributed by atoms with van der Waals surface area (Å²) in [5.41, 5.74) is -0.639. The first kappa shape index (κ1) is 14.9. The molecule has 2 amide bonds. The standard InChI is InChI=1S/C11H23N3O2/c1-6-7-13-9(15)8-14(5)10(16)11(2,3)12-4/h12H,6-8H2,1-5H3,(H,13,15). The van der Waals surface area contributed by atoms with Crippen molar-refractivity contribution in [2.75, 3.05) is 27.2 Å². The Hall–Kier alpha value is -1.10. The van der Waals surface area contributed by atoms with Crippen molar-refractivity contribution >= 4 is 11.8 Å². The minimum absolute atomic E-state index is 0.0957. The van der Waals surface area contributed by atoms with E-state index in [1.165, 1.54) is 4.90 Å². The van der Waals surface area contributed by atoms with Gasteiger partial charge in [-0.2, -0.15) is 0 Å². The summed E-state index contributed by atoms with van der Waals surface area (Å²) in [6.07, 6.45) is 0.894. The molecule has 0 rings (SSSR count). The highest BCUT2D eigenvalue weighted by Gasteiger charge is 2.29. The van der Waals surface area contributed by atoms with E-state index in [-0.39, 0.29) is 18.4 Å². The Kier molecular flexibility index (Phi) is 6.03. The van der Waals surface area contributed by atoms with Gasteiger partial charge in [0.15, 0.2) is 0 Å². The number of hydrogen-bond donors (Lipinski definition) is 2. The Bertz CT molecular complexity index is 252. The van der Waals surface area contributed by atoms with Gasteiger partial charge < -0.3 is 15.5 Å². The number of nitrogens with one attached hydrogen (secondary N) is 2. The molecule has 0 spiro atoms. The zero-order valence-corrected chi connectivity index (χ0v) is 10.9. The predicted molar refractivity (Wildman–Crippen MR) is 64.1 cm³/mol. The van der Waals surface area contributed by atoms with E-state index in [1.807, 2.05) is 6.92 Å². The van der Waals surface area contributed by atoms with Crippen molar-refractivity contribution in [1.82, 2.24) is 15.5 Å². The van der Waals surface area contributed by atoms with Gasteiger partial charge in [-0.1, -0.05) is 6.92 Å². The van der Waals surface area contributed by atoms with Gasteiger partial charge in [0.05, 0.1) is 12.1 Å². The van der Waals surface area contributed by atoms with Crippen molar-refractivity contribution in [3.05, 3.63) is 0 Å². The van der Waals surface area contributed by atoms with Crippen molar-refractivity contribution in [1.29, 1.82) is 0 Å². The highest BCUT2D eigenvalue weighted by Crippen LogP contribution is 2.05. The zero-order chi connectivity index (χ0) is 12.8. The molecule has 5 nitrogen and oxygen atoms in total. The van der Waals surface area contributed by atoms with Crippen LogP contribution in [0.1, 0.15) is 27.2 Å². The van der Waals surface area contributed by atoms with E-state index in [0.29, 0.717) is 6.54 Å². The molecule has 94 valence electrons. The number of rotatable bonds is 6. The number of hydrogen-bond acceptors (Lipinski definition) is 3. The first-order valence-electron chi connectivity index (χ1n) is 5.56. The lowest BCUT2D eigenvalue weighted by Crippen LogP contribution is -2.53. The van der Waals surface area contributed by atoms with Crippen LogP contribution in [-0.2, 0) is 9.59 Å². The van der Waals surface area contributed by atoms with Gasteiger partial charge >= 0.3 is 0 Å². The van der Waals surface area contributed by atoms with Gasteiger partial charge in [-0.05, 0) is 27.3 Å². The minimum Gasteiger partial charge on any atom is -0.355 e. The van der Waals surface area contributed by atoms with Crippen LogP contribution in [-0.4, -0.2) is 49.4 Å². The molecule has 0 aromatic heterocycles. The molecule has 0 unspecified atom stereocenters. The Labute approximate surface area is 97.6 Å². The van der Waals surface area contributed by atoms with Gasteiger partial charge in [-0.3, -0.25) is 9.59 Å². The molecule has 0 aromatic carbocycles. The maximum Gasteiger partial charge on any atom is 0.242 e.